The van der Waals surface area contributed by atoms with Crippen LogP contribution in [-0.4, -0.2) is 69.3 Å². The number of aliphatic hydroxyl groups is 2. The Balaban J connectivity index is 1.45. The zero-order valence-corrected chi connectivity index (χ0v) is 19.7. The van der Waals surface area contributed by atoms with Crippen molar-refractivity contribution in [2.45, 2.75) is 45.4 Å². The lowest BCUT2D eigenvalue weighted by molar-refractivity contribution is -0.128. The molecule has 4 aromatic heterocycles. The monoisotopic (exact) mass is 480 g/mol. The molecule has 4 aromatic rings. The second kappa shape index (κ2) is 7.39. The van der Waals surface area contributed by atoms with Crippen molar-refractivity contribution >= 4 is 34.1 Å². The molecule has 0 aliphatic heterocycles. The van der Waals surface area contributed by atoms with Crippen LogP contribution in [0, 0.1) is 18.3 Å². The van der Waals surface area contributed by atoms with E-state index in [-0.39, 0.29) is 11.7 Å². The predicted molar refractivity (Wildman–Crippen MR) is 125 cm³/mol. The molecule has 6 rings (SSSR count). The summed E-state index contributed by atoms with van der Waals surface area (Å²) in [7, 11) is 0. The summed E-state index contributed by atoms with van der Waals surface area (Å²) in [4.78, 5) is 28.3. The molecule has 0 saturated heterocycles. The largest absolute Gasteiger partial charge is 0.389 e. The van der Waals surface area contributed by atoms with Crippen molar-refractivity contribution in [3.63, 3.8) is 0 Å². The third-order valence-electron chi connectivity index (χ3n) is 7.09. The summed E-state index contributed by atoms with van der Waals surface area (Å²) in [6.45, 7) is 6.09. The third kappa shape index (κ3) is 2.88. The van der Waals surface area contributed by atoms with Crippen molar-refractivity contribution in [1.82, 2.24) is 34.5 Å². The highest BCUT2D eigenvalue weighted by atomic mass is 32.1. The number of hydrogen-bond donors (Lipinski definition) is 3. The van der Waals surface area contributed by atoms with Crippen molar-refractivity contribution < 1.29 is 15.0 Å². The van der Waals surface area contributed by atoms with Gasteiger partial charge in [-0.1, -0.05) is 5.21 Å². The third-order valence-corrected chi connectivity index (χ3v) is 8.12. The zero-order chi connectivity index (χ0) is 23.8. The van der Waals surface area contributed by atoms with Crippen LogP contribution >= 0.6 is 11.3 Å². The topological polar surface area (TPSA) is 144 Å². The molecule has 3 N–H and O–H groups in total. The van der Waals surface area contributed by atoms with Crippen LogP contribution in [0.1, 0.15) is 31.2 Å². The summed E-state index contributed by atoms with van der Waals surface area (Å²) in [6.07, 6.45) is 1.70. The number of aryl methyl sites for hydroxylation is 1. The van der Waals surface area contributed by atoms with Crippen molar-refractivity contribution in [3.8, 4) is 16.5 Å². The number of carbonyl (C=O) groups excluding carboxylic acids is 1. The summed E-state index contributed by atoms with van der Waals surface area (Å²) in [5, 5.41) is 33.3. The first kappa shape index (κ1) is 21.3. The average molecular weight is 481 g/mol. The van der Waals surface area contributed by atoms with Crippen LogP contribution in [0.2, 0.25) is 0 Å². The number of thiophene rings is 1. The van der Waals surface area contributed by atoms with Crippen molar-refractivity contribution in [1.29, 1.82) is 0 Å². The average Bonchev–Trinajstić information content (AvgIpc) is 3.21. The van der Waals surface area contributed by atoms with E-state index in [1.165, 1.54) is 16.5 Å². The molecule has 2 unspecified atom stereocenters. The number of nitrogens with one attached hydrogen (secondary N) is 1. The Morgan fingerprint density at radius 1 is 1.32 bits per heavy atom. The molecule has 2 aliphatic carbocycles. The Morgan fingerprint density at radius 2 is 2.15 bits per heavy atom. The fourth-order valence-corrected chi connectivity index (χ4v) is 6.15. The molecule has 4 heterocycles. The van der Waals surface area contributed by atoms with E-state index < -0.39 is 23.7 Å². The molecule has 0 aromatic carbocycles. The van der Waals surface area contributed by atoms with E-state index in [0.29, 0.717) is 35.9 Å². The number of aromatic nitrogens is 7. The lowest BCUT2D eigenvalue weighted by Gasteiger charge is -2.23. The molecular formula is C22H24N8O3S. The Hall–Kier alpha value is -3.22. The summed E-state index contributed by atoms with van der Waals surface area (Å²) in [5.41, 5.74) is 0.870. The molecule has 2 aliphatic rings. The standard InChI is InChI=1S/C22H24N8O3S/c1-4-23-19-15-20(26-21(25-19)30-8-13(27-28-30)14-6-5-10(2)34-14)29(9-24-15)16-12-7-22(12,11(3)31)18(33)17(16)32/h5-6,8-9,12,16-18,32-33H,4,7H2,1-3H3,(H,23,25,26)/t12?,16-,17+,18?,22+/m1/s1. The molecule has 176 valence electrons. The number of anilines is 1. The number of ketones is 1. The minimum absolute atomic E-state index is 0.0985. The maximum Gasteiger partial charge on any atom is 0.256 e. The number of fused-ring (bicyclic) bond motifs is 2. The van der Waals surface area contributed by atoms with Gasteiger partial charge in [-0.15, -0.1) is 16.4 Å². The van der Waals surface area contributed by atoms with Crippen LogP contribution in [0.3, 0.4) is 0 Å². The van der Waals surface area contributed by atoms with E-state index in [2.05, 4.69) is 25.6 Å². The van der Waals surface area contributed by atoms with E-state index in [4.69, 9.17) is 4.98 Å². The van der Waals surface area contributed by atoms with Gasteiger partial charge in [0.05, 0.1) is 35.0 Å². The molecule has 11 nitrogen and oxygen atoms in total. The Kier molecular flexibility index (Phi) is 4.63. The SMILES string of the molecule is CCNc1nc(-n2cc(-c3ccc(C)s3)nn2)nc2c1ncn2[C@@H]1C2C[C@@]2(C(C)=O)C(O)[C@H]1O. The second-order valence-corrected chi connectivity index (χ2v) is 10.3. The van der Waals surface area contributed by atoms with Crippen LogP contribution < -0.4 is 5.32 Å². The lowest BCUT2D eigenvalue weighted by atomic mass is 9.95. The number of rotatable bonds is 6. The fourth-order valence-electron chi connectivity index (χ4n) is 5.33. The molecule has 12 heteroatoms. The number of aliphatic hydroxyl groups excluding tert-OH is 2. The number of nitrogens with zero attached hydrogens (tertiary/aromatic N) is 7. The molecule has 0 bridgehead atoms. The lowest BCUT2D eigenvalue weighted by Crippen LogP contribution is -2.36. The van der Waals surface area contributed by atoms with Gasteiger partial charge in [0, 0.05) is 11.4 Å². The van der Waals surface area contributed by atoms with Gasteiger partial charge in [-0.2, -0.15) is 14.6 Å². The molecule has 2 fully saturated rings. The first-order valence-corrected chi connectivity index (χ1v) is 12.0. The minimum Gasteiger partial charge on any atom is -0.389 e. The Labute approximate surface area is 198 Å². The first-order valence-electron chi connectivity index (χ1n) is 11.2. The van der Waals surface area contributed by atoms with E-state index in [0.717, 1.165) is 10.6 Å². The van der Waals surface area contributed by atoms with Gasteiger partial charge in [0.25, 0.3) is 5.95 Å². The highest BCUT2D eigenvalue weighted by molar-refractivity contribution is 7.15. The van der Waals surface area contributed by atoms with E-state index in [1.54, 1.807) is 28.4 Å². The molecule has 0 spiro atoms. The molecular weight excluding hydrogens is 456 g/mol. The van der Waals surface area contributed by atoms with Gasteiger partial charge in [-0.05, 0) is 45.2 Å². The van der Waals surface area contributed by atoms with Crippen molar-refractivity contribution in [2.75, 3.05) is 11.9 Å². The molecule has 2 saturated carbocycles. The van der Waals surface area contributed by atoms with Gasteiger partial charge in [-0.3, -0.25) is 4.79 Å². The molecule has 0 radical (unpaired) electrons. The first-order chi connectivity index (χ1) is 16.3. The van der Waals surface area contributed by atoms with Gasteiger partial charge in [0.2, 0.25) is 0 Å². The second-order valence-electron chi connectivity index (χ2n) is 9.02. The number of carbonyl (C=O) groups is 1. The number of Topliss-reactive ketones (excluding diaryl/α,β-unsaturated/α-hetero) is 1. The maximum atomic E-state index is 12.3. The molecule has 0 amide bonds. The van der Waals surface area contributed by atoms with Gasteiger partial charge in [0.15, 0.2) is 17.0 Å². The summed E-state index contributed by atoms with van der Waals surface area (Å²) in [5.74, 6) is 0.567. The van der Waals surface area contributed by atoms with Crippen LogP contribution in [0.25, 0.3) is 27.7 Å². The van der Waals surface area contributed by atoms with Crippen LogP contribution in [0.5, 0.6) is 0 Å². The molecule has 5 atom stereocenters. The highest BCUT2D eigenvalue weighted by Gasteiger charge is 2.74. The number of hydrogen-bond acceptors (Lipinski definition) is 10. The van der Waals surface area contributed by atoms with Crippen molar-refractivity contribution in [3.05, 3.63) is 29.5 Å². The zero-order valence-electron chi connectivity index (χ0n) is 18.9. The molecule has 34 heavy (non-hydrogen) atoms. The summed E-state index contributed by atoms with van der Waals surface area (Å²) >= 11 is 1.63. The fraction of sp³-hybridized carbons (Fsp3) is 0.455. The van der Waals surface area contributed by atoms with Gasteiger partial charge < -0.3 is 20.1 Å². The smallest absolute Gasteiger partial charge is 0.256 e. The minimum atomic E-state index is -1.11. The highest BCUT2D eigenvalue weighted by Crippen LogP contribution is 2.68. The predicted octanol–water partition coefficient (Wildman–Crippen LogP) is 1.75. The van der Waals surface area contributed by atoms with Gasteiger partial charge in [0.1, 0.15) is 17.6 Å². The van der Waals surface area contributed by atoms with E-state index >= 15 is 0 Å². The maximum absolute atomic E-state index is 12.3. The van der Waals surface area contributed by atoms with Gasteiger partial charge >= 0.3 is 0 Å². The van der Waals surface area contributed by atoms with Gasteiger partial charge in [-0.25, -0.2) is 4.98 Å². The van der Waals surface area contributed by atoms with Crippen molar-refractivity contribution in [2.24, 2.45) is 11.3 Å². The van der Waals surface area contributed by atoms with Crippen LogP contribution in [0.4, 0.5) is 5.82 Å². The van der Waals surface area contributed by atoms with Crippen LogP contribution in [0.15, 0.2) is 24.7 Å². The van der Waals surface area contributed by atoms with Crippen LogP contribution in [-0.2, 0) is 4.79 Å². The van der Waals surface area contributed by atoms with E-state index in [1.807, 2.05) is 26.0 Å². The van der Waals surface area contributed by atoms with E-state index in [9.17, 15) is 15.0 Å². The summed E-state index contributed by atoms with van der Waals surface area (Å²) in [6, 6.07) is 3.52. The Morgan fingerprint density at radius 3 is 2.82 bits per heavy atom. The normalized spacial score (nSPS) is 27.8. The number of imidazole rings is 1. The Bertz CT molecular complexity index is 1430. The quantitative estimate of drug-likeness (QED) is 0.376. The summed E-state index contributed by atoms with van der Waals surface area (Å²) < 4.78 is 3.27.